The van der Waals surface area contributed by atoms with Crippen molar-refractivity contribution in [3.63, 3.8) is 0 Å². The molecule has 30 heavy (non-hydrogen) atoms. The molecule has 1 aliphatic carbocycles. The number of aryl methyl sites for hydroxylation is 1. The monoisotopic (exact) mass is 403 g/mol. The number of carbonyl (C=O) groups excluding carboxylic acids is 1. The van der Waals surface area contributed by atoms with Gasteiger partial charge >= 0.3 is 0 Å². The quantitative estimate of drug-likeness (QED) is 0.563. The summed E-state index contributed by atoms with van der Waals surface area (Å²) in [5.74, 6) is 7.10. The second kappa shape index (κ2) is 7.94. The number of ketones is 1. The van der Waals surface area contributed by atoms with Crippen molar-refractivity contribution >= 4 is 5.78 Å². The van der Waals surface area contributed by atoms with Gasteiger partial charge in [0.25, 0.3) is 0 Å². The Hall–Kier alpha value is -3.15. The summed E-state index contributed by atoms with van der Waals surface area (Å²) < 4.78 is 1.34. The van der Waals surface area contributed by atoms with Crippen LogP contribution in [0.4, 0.5) is 0 Å². The number of pyridine rings is 1. The molecule has 0 spiro atoms. The number of hydrogen-bond acceptors (Lipinski definition) is 4. The molecule has 6 nitrogen and oxygen atoms in total. The molecule has 156 valence electrons. The highest BCUT2D eigenvalue weighted by molar-refractivity contribution is 5.79. The third-order valence-electron chi connectivity index (χ3n) is 6.15. The summed E-state index contributed by atoms with van der Waals surface area (Å²) in [6.45, 7) is 6.20. The molecule has 0 radical (unpaired) electrons. The smallest absolute Gasteiger partial charge is 0.146 e. The molecule has 0 atom stereocenters. The van der Waals surface area contributed by atoms with E-state index < -0.39 is 0 Å². The van der Waals surface area contributed by atoms with Gasteiger partial charge in [-0.1, -0.05) is 38.1 Å². The first-order valence-corrected chi connectivity index (χ1v) is 10.6. The van der Waals surface area contributed by atoms with Crippen LogP contribution in [0.15, 0.2) is 36.5 Å². The molecule has 0 unspecified atom stereocenters. The Labute approximate surface area is 176 Å². The van der Waals surface area contributed by atoms with Crippen molar-refractivity contribution in [3.8, 4) is 22.5 Å². The molecule has 0 amide bonds. The summed E-state index contributed by atoms with van der Waals surface area (Å²) in [7, 11) is 0. The van der Waals surface area contributed by atoms with Gasteiger partial charge in [0.15, 0.2) is 0 Å². The lowest BCUT2D eigenvalue weighted by Gasteiger charge is -2.21. The first-order valence-electron chi connectivity index (χ1n) is 10.6. The minimum Gasteiger partial charge on any atom is -0.338 e. The van der Waals surface area contributed by atoms with Gasteiger partial charge in [0, 0.05) is 30.2 Å². The molecule has 1 saturated carbocycles. The first kappa shape index (κ1) is 20.1. The van der Waals surface area contributed by atoms with Gasteiger partial charge in [0.2, 0.25) is 0 Å². The van der Waals surface area contributed by atoms with Gasteiger partial charge in [-0.15, -0.1) is 0 Å². The van der Waals surface area contributed by atoms with Gasteiger partial charge in [0.1, 0.15) is 11.3 Å². The van der Waals surface area contributed by atoms with E-state index in [0.717, 1.165) is 46.5 Å². The van der Waals surface area contributed by atoms with Crippen molar-refractivity contribution in [1.82, 2.24) is 14.9 Å². The number of rotatable bonds is 4. The Morgan fingerprint density at radius 2 is 1.83 bits per heavy atom. The van der Waals surface area contributed by atoms with E-state index in [2.05, 4.69) is 48.3 Å². The zero-order valence-corrected chi connectivity index (χ0v) is 17.8. The van der Waals surface area contributed by atoms with Crippen molar-refractivity contribution in [2.24, 2.45) is 0 Å². The summed E-state index contributed by atoms with van der Waals surface area (Å²) in [6, 6.07) is 10.6. The fourth-order valence-electron chi connectivity index (χ4n) is 4.43. The normalized spacial score (nSPS) is 15.1. The highest BCUT2D eigenvalue weighted by Gasteiger charge is 2.22. The van der Waals surface area contributed by atoms with Crippen LogP contribution >= 0.6 is 0 Å². The number of Topliss-reactive ketones (excluding diaryl/α,β-unsaturated/α-hetero) is 1. The highest BCUT2D eigenvalue weighted by Crippen LogP contribution is 2.37. The number of hydrogen-bond donors (Lipinski definition) is 3. The zero-order chi connectivity index (χ0) is 21.4. The van der Waals surface area contributed by atoms with Gasteiger partial charge in [0.05, 0.1) is 11.4 Å². The van der Waals surface area contributed by atoms with Gasteiger partial charge < -0.3 is 5.84 Å². The molecule has 3 aromatic rings. The van der Waals surface area contributed by atoms with Crippen LogP contribution in [0.1, 0.15) is 68.1 Å². The van der Waals surface area contributed by atoms with Crippen LogP contribution in [0.5, 0.6) is 0 Å². The maximum absolute atomic E-state index is 11.5. The Morgan fingerprint density at radius 3 is 2.43 bits per heavy atom. The number of aromatic nitrogens is 3. The Morgan fingerprint density at radius 1 is 1.17 bits per heavy atom. The molecule has 4 rings (SSSR count). The summed E-state index contributed by atoms with van der Waals surface area (Å²) in [4.78, 5) is 11.5. The second-order valence-electron chi connectivity index (χ2n) is 8.62. The van der Waals surface area contributed by atoms with Crippen molar-refractivity contribution in [1.29, 1.82) is 5.41 Å². The number of nitrogens with zero attached hydrogens (tertiary/aromatic N) is 2. The maximum Gasteiger partial charge on any atom is 0.146 e. The van der Waals surface area contributed by atoms with Crippen LogP contribution in [-0.4, -0.2) is 20.7 Å². The average Bonchev–Trinajstić information content (AvgIpc) is 3.18. The number of nitrogens with two attached hydrogens (primary N) is 1. The van der Waals surface area contributed by atoms with Crippen molar-refractivity contribution < 1.29 is 4.79 Å². The first-order chi connectivity index (χ1) is 14.3. The van der Waals surface area contributed by atoms with E-state index in [0.29, 0.717) is 30.0 Å². The largest absolute Gasteiger partial charge is 0.338 e. The summed E-state index contributed by atoms with van der Waals surface area (Å²) in [6.07, 6.45) is 5.06. The Kier molecular flexibility index (Phi) is 5.33. The number of carbonyl (C=O) groups is 1. The Balaban J connectivity index is 1.70. The van der Waals surface area contributed by atoms with E-state index >= 15 is 0 Å². The predicted octanol–water partition coefficient (Wildman–Crippen LogP) is 4.40. The van der Waals surface area contributed by atoms with E-state index in [-0.39, 0.29) is 5.92 Å². The van der Waals surface area contributed by atoms with Crippen LogP contribution in [0.2, 0.25) is 0 Å². The fraction of sp³-hybridized carbons (Fsp3) is 0.375. The average molecular weight is 404 g/mol. The van der Waals surface area contributed by atoms with Crippen LogP contribution in [0.25, 0.3) is 22.5 Å². The van der Waals surface area contributed by atoms with Crippen LogP contribution in [0.3, 0.4) is 0 Å². The third-order valence-corrected chi connectivity index (χ3v) is 6.15. The van der Waals surface area contributed by atoms with E-state index in [1.54, 1.807) is 6.20 Å². The van der Waals surface area contributed by atoms with E-state index in [1.807, 2.05) is 13.0 Å². The molecule has 6 heteroatoms. The number of nitrogens with one attached hydrogen (secondary N) is 2. The topological polar surface area (TPSA) is 101 Å². The van der Waals surface area contributed by atoms with Gasteiger partial charge in [-0.25, -0.2) is 0 Å². The van der Waals surface area contributed by atoms with Crippen LogP contribution < -0.4 is 11.3 Å². The zero-order valence-electron chi connectivity index (χ0n) is 17.8. The molecule has 1 fully saturated rings. The van der Waals surface area contributed by atoms with Crippen molar-refractivity contribution in [3.05, 3.63) is 58.7 Å². The minimum absolute atomic E-state index is 0.264. The number of nitrogen functional groups attached to an aromatic ring is 1. The van der Waals surface area contributed by atoms with E-state index in [9.17, 15) is 4.79 Å². The second-order valence-corrected chi connectivity index (χ2v) is 8.62. The molecular formula is C24H29N5O. The standard InChI is InChI=1S/C24H29N5O/c1-14(2)21-22(27-28-23(21)19-12-15(3)24(25)29(26)13-19)18-6-4-16(5-7-18)17-8-10-20(30)11-9-17/h4-7,12-14,17,25H,8-11,26H2,1-3H3,(H,27,28). The Bertz CT molecular complexity index is 1100. The molecule has 4 N–H and O–H groups in total. The SMILES string of the molecule is Cc1cc(-c2n[nH]c(-c3ccc(C4CCC(=O)CC4)cc3)c2C(C)C)cn(N)c1=N. The fourth-order valence-corrected chi connectivity index (χ4v) is 4.43. The lowest BCUT2D eigenvalue weighted by atomic mass is 9.83. The maximum atomic E-state index is 11.5. The minimum atomic E-state index is 0.264. The molecule has 0 bridgehead atoms. The van der Waals surface area contributed by atoms with Crippen molar-refractivity contribution in [2.75, 3.05) is 5.84 Å². The van der Waals surface area contributed by atoms with Gasteiger partial charge in [-0.2, -0.15) is 5.10 Å². The molecule has 0 saturated heterocycles. The molecular weight excluding hydrogens is 374 g/mol. The molecule has 0 aliphatic heterocycles. The summed E-state index contributed by atoms with van der Waals surface area (Å²) >= 11 is 0. The third kappa shape index (κ3) is 3.70. The molecule has 2 heterocycles. The number of H-pyrrole nitrogens is 1. The van der Waals surface area contributed by atoms with E-state index in [4.69, 9.17) is 11.3 Å². The highest BCUT2D eigenvalue weighted by atomic mass is 16.1. The van der Waals surface area contributed by atoms with Gasteiger partial charge in [-0.3, -0.25) is 20.0 Å². The lowest BCUT2D eigenvalue weighted by molar-refractivity contribution is -0.120. The summed E-state index contributed by atoms with van der Waals surface area (Å²) in [5.41, 5.74) is 7.44. The lowest BCUT2D eigenvalue weighted by Crippen LogP contribution is -2.28. The van der Waals surface area contributed by atoms with Gasteiger partial charge in [-0.05, 0) is 54.4 Å². The molecule has 2 aromatic heterocycles. The predicted molar refractivity (Wildman–Crippen MR) is 118 cm³/mol. The molecule has 1 aromatic carbocycles. The number of benzene rings is 1. The molecule has 1 aliphatic rings. The van der Waals surface area contributed by atoms with Crippen molar-refractivity contribution in [2.45, 2.75) is 58.3 Å². The summed E-state index contributed by atoms with van der Waals surface area (Å²) in [5, 5.41) is 15.8. The van der Waals surface area contributed by atoms with E-state index in [1.165, 1.54) is 10.2 Å². The van der Waals surface area contributed by atoms with Crippen LogP contribution in [-0.2, 0) is 4.79 Å². The number of aromatic amines is 1. The van der Waals surface area contributed by atoms with Crippen LogP contribution in [0, 0.1) is 12.3 Å².